The largest absolute Gasteiger partial charge is 0.455 e. The van der Waals surface area contributed by atoms with Gasteiger partial charge in [-0.3, -0.25) is 19.9 Å². The Labute approximate surface area is 230 Å². The second-order valence-corrected chi connectivity index (χ2v) is 12.7. The minimum Gasteiger partial charge on any atom is -0.455 e. The van der Waals surface area contributed by atoms with Crippen LogP contribution in [-0.4, -0.2) is 58.7 Å². The number of carbonyl (C=O) groups excluding carboxylic acids is 1. The first-order chi connectivity index (χ1) is 18.9. The van der Waals surface area contributed by atoms with E-state index in [1.54, 1.807) is 0 Å². The van der Waals surface area contributed by atoms with Crippen LogP contribution in [0.1, 0.15) is 23.2 Å². The fourth-order valence-corrected chi connectivity index (χ4v) is 5.52. The summed E-state index contributed by atoms with van der Waals surface area (Å²) in [6, 6.07) is 10.2. The average Bonchev–Trinajstić information content (AvgIpc) is 2.92. The monoisotopic (exact) mass is 590 g/mol. The molecule has 0 saturated carbocycles. The first-order valence-electron chi connectivity index (χ1n) is 12.0. The molecule has 1 fully saturated rings. The molecule has 4 rings (SSSR count). The lowest BCUT2D eigenvalue weighted by molar-refractivity contribution is -0.384. The maximum Gasteiger partial charge on any atom is 0.293 e. The van der Waals surface area contributed by atoms with Crippen molar-refractivity contribution in [3.05, 3.63) is 76.6 Å². The fraction of sp³-hybridized carbons (Fsp3) is 0.280. The number of nitrogens with one attached hydrogen (secondary N) is 2. The van der Waals surface area contributed by atoms with Crippen LogP contribution in [0.25, 0.3) is 0 Å². The molecule has 3 aromatic rings. The third-order valence-electron chi connectivity index (χ3n) is 6.10. The highest BCUT2D eigenvalue weighted by molar-refractivity contribution is 7.90. The van der Waals surface area contributed by atoms with Gasteiger partial charge in [0, 0.05) is 44.3 Å². The van der Waals surface area contributed by atoms with Crippen molar-refractivity contribution in [2.45, 2.75) is 22.6 Å². The van der Waals surface area contributed by atoms with Crippen molar-refractivity contribution < 1.29 is 36.0 Å². The van der Waals surface area contributed by atoms with Crippen molar-refractivity contribution >= 4 is 37.1 Å². The molecule has 40 heavy (non-hydrogen) atoms. The van der Waals surface area contributed by atoms with Crippen molar-refractivity contribution in [3.8, 4) is 11.5 Å². The molecule has 1 amide bonds. The third-order valence-corrected chi connectivity index (χ3v) is 8.51. The predicted octanol–water partition coefficient (Wildman–Crippen LogP) is 3.14. The van der Waals surface area contributed by atoms with E-state index in [2.05, 4.69) is 10.3 Å². The number of nitro benzene ring substituents is 1. The Morgan fingerprint density at radius 2 is 1.80 bits per heavy atom. The SMILES string of the molecule is CS(=O)(=O)c1cncc(Oc2ccccc2C(=O)NS(=O)(=O)c2ccc(NCC3CCOCC3)c([N+](=O)[O-])c2)c1. The molecule has 1 aromatic heterocycles. The Bertz CT molecular complexity index is 1640. The minimum absolute atomic E-state index is 0.00509. The zero-order valence-electron chi connectivity index (χ0n) is 21.3. The Kier molecular flexibility index (Phi) is 8.66. The van der Waals surface area contributed by atoms with Gasteiger partial charge in [0.05, 0.1) is 26.5 Å². The van der Waals surface area contributed by atoms with Crippen LogP contribution in [-0.2, 0) is 24.6 Å². The summed E-state index contributed by atoms with van der Waals surface area (Å²) in [4.78, 5) is 27.2. The van der Waals surface area contributed by atoms with Gasteiger partial charge in [-0.25, -0.2) is 21.6 Å². The second kappa shape index (κ2) is 12.0. The Morgan fingerprint density at radius 1 is 1.07 bits per heavy atom. The second-order valence-electron chi connectivity index (χ2n) is 9.03. The summed E-state index contributed by atoms with van der Waals surface area (Å²) >= 11 is 0. The summed E-state index contributed by atoms with van der Waals surface area (Å²) in [5, 5.41) is 14.7. The summed E-state index contributed by atoms with van der Waals surface area (Å²) in [7, 11) is -8.11. The van der Waals surface area contributed by atoms with Crippen molar-refractivity contribution in [2.24, 2.45) is 5.92 Å². The van der Waals surface area contributed by atoms with Crippen molar-refractivity contribution in [3.63, 3.8) is 0 Å². The molecular weight excluding hydrogens is 564 g/mol. The van der Waals surface area contributed by atoms with Crippen molar-refractivity contribution in [1.29, 1.82) is 0 Å². The summed E-state index contributed by atoms with van der Waals surface area (Å²) in [6.07, 6.45) is 4.99. The lowest BCUT2D eigenvalue weighted by atomic mass is 10.0. The molecule has 0 aliphatic carbocycles. The number of para-hydroxylation sites is 1. The molecule has 0 bridgehead atoms. The highest BCUT2D eigenvalue weighted by Gasteiger charge is 2.26. The van der Waals surface area contributed by atoms with Crippen LogP contribution in [0.15, 0.2) is 70.7 Å². The maximum atomic E-state index is 13.0. The van der Waals surface area contributed by atoms with Crippen LogP contribution in [0.4, 0.5) is 11.4 Å². The summed E-state index contributed by atoms with van der Waals surface area (Å²) in [5.41, 5.74) is -0.477. The molecule has 2 aromatic carbocycles. The van der Waals surface area contributed by atoms with Gasteiger partial charge in [-0.2, -0.15) is 0 Å². The minimum atomic E-state index is -4.53. The van der Waals surface area contributed by atoms with E-state index in [0.717, 1.165) is 31.4 Å². The van der Waals surface area contributed by atoms with E-state index >= 15 is 0 Å². The smallest absolute Gasteiger partial charge is 0.293 e. The molecular formula is C25H26N4O9S2. The number of pyridine rings is 1. The molecule has 1 aliphatic rings. The molecule has 0 atom stereocenters. The average molecular weight is 591 g/mol. The van der Waals surface area contributed by atoms with Crippen LogP contribution in [0.2, 0.25) is 0 Å². The zero-order chi connectivity index (χ0) is 28.9. The van der Waals surface area contributed by atoms with Gasteiger partial charge in [0.2, 0.25) is 0 Å². The molecule has 212 valence electrons. The van der Waals surface area contributed by atoms with Crippen LogP contribution >= 0.6 is 0 Å². The van der Waals surface area contributed by atoms with E-state index in [1.165, 1.54) is 48.7 Å². The van der Waals surface area contributed by atoms with E-state index in [4.69, 9.17) is 9.47 Å². The molecule has 0 spiro atoms. The van der Waals surface area contributed by atoms with Gasteiger partial charge in [-0.1, -0.05) is 12.1 Å². The number of amides is 1. The highest BCUT2D eigenvalue weighted by atomic mass is 32.2. The molecule has 15 heteroatoms. The predicted molar refractivity (Wildman–Crippen MR) is 144 cm³/mol. The molecule has 13 nitrogen and oxygen atoms in total. The standard InChI is InChI=1S/C25H26N4O9S2/c1-39(33,34)20-12-18(15-26-16-20)38-24-5-3-2-4-21(24)25(30)28-40(35,36)19-6-7-22(23(13-19)29(31)32)27-14-17-8-10-37-11-9-17/h2-7,12-13,15-17,27H,8-11,14H2,1H3,(H,28,30). The molecule has 1 saturated heterocycles. The summed E-state index contributed by atoms with van der Waals surface area (Å²) in [5.74, 6) is -0.859. The van der Waals surface area contributed by atoms with Gasteiger partial charge in [0.25, 0.3) is 21.6 Å². The molecule has 0 unspecified atom stereocenters. The number of sulfone groups is 1. The Balaban J connectivity index is 1.53. The number of benzene rings is 2. The third kappa shape index (κ3) is 7.11. The number of sulfonamides is 1. The quantitative estimate of drug-likeness (QED) is 0.261. The van der Waals surface area contributed by atoms with E-state index in [9.17, 15) is 31.7 Å². The summed E-state index contributed by atoms with van der Waals surface area (Å²) < 4.78 is 62.6. The van der Waals surface area contributed by atoms with Crippen LogP contribution in [0, 0.1) is 16.0 Å². The van der Waals surface area contributed by atoms with E-state index < -0.39 is 41.3 Å². The number of carbonyl (C=O) groups is 1. The molecule has 1 aliphatic heterocycles. The van der Waals surface area contributed by atoms with E-state index in [-0.39, 0.29) is 33.6 Å². The lowest BCUT2D eigenvalue weighted by Crippen LogP contribution is -2.31. The van der Waals surface area contributed by atoms with Gasteiger partial charge in [-0.15, -0.1) is 0 Å². The van der Waals surface area contributed by atoms with Crippen molar-refractivity contribution in [1.82, 2.24) is 9.71 Å². The number of nitrogens with zero attached hydrogens (tertiary/aromatic N) is 2. The maximum absolute atomic E-state index is 13.0. The van der Waals surface area contributed by atoms with E-state index in [0.29, 0.717) is 19.8 Å². The van der Waals surface area contributed by atoms with Gasteiger partial charge in [-0.05, 0) is 43.0 Å². The number of ether oxygens (including phenoxy) is 2. The number of anilines is 1. The summed E-state index contributed by atoms with van der Waals surface area (Å²) in [6.45, 7) is 1.69. The number of aromatic nitrogens is 1. The molecule has 2 N–H and O–H groups in total. The van der Waals surface area contributed by atoms with Crippen LogP contribution in [0.5, 0.6) is 11.5 Å². The first kappa shape index (κ1) is 28.9. The first-order valence-corrected chi connectivity index (χ1v) is 15.4. The van der Waals surface area contributed by atoms with Gasteiger partial charge in [0.15, 0.2) is 9.84 Å². The van der Waals surface area contributed by atoms with Crippen LogP contribution < -0.4 is 14.8 Å². The lowest BCUT2D eigenvalue weighted by Gasteiger charge is -2.22. The number of rotatable bonds is 10. The van der Waals surface area contributed by atoms with Crippen LogP contribution in [0.3, 0.4) is 0 Å². The van der Waals surface area contributed by atoms with Gasteiger partial charge >= 0.3 is 0 Å². The Hall–Kier alpha value is -4.08. The molecule has 2 heterocycles. The number of nitro groups is 1. The van der Waals surface area contributed by atoms with Gasteiger partial charge < -0.3 is 14.8 Å². The van der Waals surface area contributed by atoms with Gasteiger partial charge in [0.1, 0.15) is 17.2 Å². The number of hydrogen-bond donors (Lipinski definition) is 2. The fourth-order valence-electron chi connectivity index (χ4n) is 3.95. The number of hydrogen-bond acceptors (Lipinski definition) is 11. The zero-order valence-corrected chi connectivity index (χ0v) is 22.9. The topological polar surface area (TPSA) is 184 Å². The Morgan fingerprint density at radius 3 is 2.50 bits per heavy atom. The normalized spacial score (nSPS) is 14.3. The van der Waals surface area contributed by atoms with Crippen molar-refractivity contribution in [2.75, 3.05) is 31.3 Å². The molecule has 0 radical (unpaired) electrons. The van der Waals surface area contributed by atoms with E-state index in [1.807, 2.05) is 4.72 Å². The highest BCUT2D eigenvalue weighted by Crippen LogP contribution is 2.30.